The van der Waals surface area contributed by atoms with Crippen LogP contribution in [0.25, 0.3) is 0 Å². The van der Waals surface area contributed by atoms with Crippen LogP contribution in [0.15, 0.2) is 24.3 Å². The number of sulfone groups is 1. The van der Waals surface area contributed by atoms with E-state index in [1.165, 1.54) is 0 Å². The van der Waals surface area contributed by atoms with Crippen LogP contribution < -0.4 is 10.5 Å². The maximum atomic E-state index is 11.4. The Balaban J connectivity index is 2.52. The number of ether oxygens (including phenoxy) is 1. The first-order chi connectivity index (χ1) is 8.48. The van der Waals surface area contributed by atoms with Crippen molar-refractivity contribution in [1.82, 2.24) is 0 Å². The van der Waals surface area contributed by atoms with Gasteiger partial charge in [-0.05, 0) is 30.5 Å². The van der Waals surface area contributed by atoms with Crippen molar-refractivity contribution in [3.05, 3.63) is 29.8 Å². The van der Waals surface area contributed by atoms with Gasteiger partial charge in [0.25, 0.3) is 0 Å². The summed E-state index contributed by atoms with van der Waals surface area (Å²) in [5, 5.41) is 0. The molecule has 0 aliphatic heterocycles. The standard InChI is InChI=1S/C13H21NO3S/c1-3-18(15,16)9-5-8-13(14)11-6-4-7-12(10-11)17-2/h4,6-7,10,13H,3,5,8-9,14H2,1-2H3. The molecule has 0 spiro atoms. The molecule has 0 aliphatic carbocycles. The van der Waals surface area contributed by atoms with Gasteiger partial charge < -0.3 is 10.5 Å². The maximum Gasteiger partial charge on any atom is 0.150 e. The lowest BCUT2D eigenvalue weighted by molar-refractivity contribution is 0.413. The lowest BCUT2D eigenvalue weighted by Gasteiger charge is -2.12. The highest BCUT2D eigenvalue weighted by molar-refractivity contribution is 7.91. The van der Waals surface area contributed by atoms with Gasteiger partial charge in [-0.1, -0.05) is 19.1 Å². The third-order valence-corrected chi connectivity index (χ3v) is 4.72. The first kappa shape index (κ1) is 15.0. The highest BCUT2D eigenvalue weighted by Gasteiger charge is 2.11. The van der Waals surface area contributed by atoms with E-state index in [-0.39, 0.29) is 17.5 Å². The van der Waals surface area contributed by atoms with Gasteiger partial charge in [0.05, 0.1) is 12.9 Å². The van der Waals surface area contributed by atoms with Crippen LogP contribution >= 0.6 is 0 Å². The van der Waals surface area contributed by atoms with E-state index in [1.54, 1.807) is 14.0 Å². The molecule has 102 valence electrons. The Kier molecular flexibility index (Phi) is 5.62. The van der Waals surface area contributed by atoms with E-state index in [1.807, 2.05) is 24.3 Å². The average Bonchev–Trinajstić information content (AvgIpc) is 2.38. The van der Waals surface area contributed by atoms with Gasteiger partial charge in [0.2, 0.25) is 0 Å². The van der Waals surface area contributed by atoms with Crippen LogP contribution in [0.2, 0.25) is 0 Å². The third kappa shape index (κ3) is 4.66. The van der Waals surface area contributed by atoms with Crippen molar-refractivity contribution in [2.24, 2.45) is 5.73 Å². The second kappa shape index (κ2) is 6.75. The monoisotopic (exact) mass is 271 g/mol. The summed E-state index contributed by atoms with van der Waals surface area (Å²) < 4.78 is 27.8. The molecule has 1 atom stereocenters. The number of hydrogen-bond donors (Lipinski definition) is 1. The average molecular weight is 271 g/mol. The summed E-state index contributed by atoms with van der Waals surface area (Å²) >= 11 is 0. The van der Waals surface area contributed by atoms with Gasteiger partial charge in [0, 0.05) is 11.8 Å². The molecule has 0 saturated carbocycles. The summed E-state index contributed by atoms with van der Waals surface area (Å²) in [6.45, 7) is 1.66. The van der Waals surface area contributed by atoms with Gasteiger partial charge in [0.15, 0.2) is 0 Å². The zero-order valence-electron chi connectivity index (χ0n) is 10.9. The molecule has 0 amide bonds. The summed E-state index contributed by atoms with van der Waals surface area (Å²) in [4.78, 5) is 0. The van der Waals surface area contributed by atoms with Crippen molar-refractivity contribution in [3.8, 4) is 5.75 Å². The van der Waals surface area contributed by atoms with Gasteiger partial charge in [-0.3, -0.25) is 0 Å². The molecule has 1 aromatic rings. The summed E-state index contributed by atoms with van der Waals surface area (Å²) in [7, 11) is -1.28. The highest BCUT2D eigenvalue weighted by Crippen LogP contribution is 2.20. The Morgan fingerprint density at radius 1 is 1.39 bits per heavy atom. The SMILES string of the molecule is CCS(=O)(=O)CCCC(N)c1cccc(OC)c1. The fourth-order valence-electron chi connectivity index (χ4n) is 1.71. The Labute approximate surface area is 109 Å². The minimum atomic E-state index is -2.89. The molecule has 0 heterocycles. The van der Waals surface area contributed by atoms with Crippen molar-refractivity contribution in [1.29, 1.82) is 0 Å². The van der Waals surface area contributed by atoms with E-state index < -0.39 is 9.84 Å². The van der Waals surface area contributed by atoms with E-state index >= 15 is 0 Å². The normalized spacial score (nSPS) is 13.3. The fourth-order valence-corrected chi connectivity index (χ4v) is 2.60. The topological polar surface area (TPSA) is 69.4 Å². The Bertz CT molecular complexity index is 471. The van der Waals surface area contributed by atoms with Gasteiger partial charge in [0.1, 0.15) is 15.6 Å². The van der Waals surface area contributed by atoms with Crippen LogP contribution in [0.1, 0.15) is 31.4 Å². The van der Waals surface area contributed by atoms with E-state index in [2.05, 4.69) is 0 Å². The number of hydrogen-bond acceptors (Lipinski definition) is 4. The molecular formula is C13H21NO3S. The van der Waals surface area contributed by atoms with Crippen molar-refractivity contribution in [2.75, 3.05) is 18.6 Å². The van der Waals surface area contributed by atoms with Gasteiger partial charge >= 0.3 is 0 Å². The van der Waals surface area contributed by atoms with E-state index in [4.69, 9.17) is 10.5 Å². The van der Waals surface area contributed by atoms with Crippen LogP contribution in [0.5, 0.6) is 5.75 Å². The molecule has 0 saturated heterocycles. The lowest BCUT2D eigenvalue weighted by Crippen LogP contribution is -2.14. The van der Waals surface area contributed by atoms with Crippen molar-refractivity contribution in [3.63, 3.8) is 0 Å². The summed E-state index contributed by atoms with van der Waals surface area (Å²) in [6.07, 6.45) is 1.25. The largest absolute Gasteiger partial charge is 0.497 e. The maximum absolute atomic E-state index is 11.4. The second-order valence-corrected chi connectivity index (χ2v) is 6.73. The minimum Gasteiger partial charge on any atom is -0.497 e. The molecule has 1 aromatic carbocycles. The molecule has 1 unspecified atom stereocenters. The molecule has 0 fully saturated rings. The molecular weight excluding hydrogens is 250 g/mol. The smallest absolute Gasteiger partial charge is 0.150 e. The van der Waals surface area contributed by atoms with E-state index in [9.17, 15) is 8.42 Å². The lowest BCUT2D eigenvalue weighted by atomic mass is 10.0. The summed E-state index contributed by atoms with van der Waals surface area (Å²) in [6, 6.07) is 7.42. The molecule has 0 aromatic heterocycles. The van der Waals surface area contributed by atoms with Crippen LogP contribution in [0.4, 0.5) is 0 Å². The van der Waals surface area contributed by atoms with Crippen molar-refractivity contribution in [2.45, 2.75) is 25.8 Å². The first-order valence-corrected chi connectivity index (χ1v) is 7.90. The molecule has 0 aliphatic rings. The molecule has 0 bridgehead atoms. The predicted octanol–water partition coefficient (Wildman–Crippen LogP) is 1.91. The molecule has 0 radical (unpaired) electrons. The zero-order chi connectivity index (χ0) is 13.6. The van der Waals surface area contributed by atoms with Crippen LogP contribution in [0, 0.1) is 0 Å². The Morgan fingerprint density at radius 3 is 2.72 bits per heavy atom. The second-order valence-electron chi connectivity index (χ2n) is 4.26. The molecule has 1 rings (SSSR count). The van der Waals surface area contributed by atoms with Crippen molar-refractivity contribution < 1.29 is 13.2 Å². The molecule has 2 N–H and O–H groups in total. The number of rotatable bonds is 7. The molecule has 18 heavy (non-hydrogen) atoms. The van der Waals surface area contributed by atoms with Gasteiger partial charge in [-0.25, -0.2) is 8.42 Å². The number of methoxy groups -OCH3 is 1. The van der Waals surface area contributed by atoms with Gasteiger partial charge in [-0.2, -0.15) is 0 Å². The van der Waals surface area contributed by atoms with Crippen molar-refractivity contribution >= 4 is 9.84 Å². The third-order valence-electron chi connectivity index (χ3n) is 2.93. The van der Waals surface area contributed by atoms with E-state index in [0.717, 1.165) is 11.3 Å². The number of nitrogens with two attached hydrogens (primary N) is 1. The minimum absolute atomic E-state index is 0.146. The molecule has 5 heteroatoms. The van der Waals surface area contributed by atoms with Crippen LogP contribution in [0.3, 0.4) is 0 Å². The Morgan fingerprint density at radius 2 is 2.11 bits per heavy atom. The zero-order valence-corrected chi connectivity index (χ0v) is 11.7. The Hall–Kier alpha value is -1.07. The van der Waals surface area contributed by atoms with Gasteiger partial charge in [-0.15, -0.1) is 0 Å². The summed E-state index contributed by atoms with van der Waals surface area (Å²) in [5.74, 6) is 1.17. The van der Waals surface area contributed by atoms with E-state index in [0.29, 0.717) is 12.8 Å². The molecule has 4 nitrogen and oxygen atoms in total. The van der Waals surface area contributed by atoms with Crippen LogP contribution in [-0.4, -0.2) is 27.0 Å². The summed E-state index contributed by atoms with van der Waals surface area (Å²) in [5.41, 5.74) is 7.01. The fraction of sp³-hybridized carbons (Fsp3) is 0.538. The predicted molar refractivity (Wildman–Crippen MR) is 73.5 cm³/mol. The van der Waals surface area contributed by atoms with Crippen LogP contribution in [-0.2, 0) is 9.84 Å². The first-order valence-electron chi connectivity index (χ1n) is 6.08. The quantitative estimate of drug-likeness (QED) is 0.822. The highest BCUT2D eigenvalue weighted by atomic mass is 32.2. The number of benzene rings is 1.